The zero-order valence-corrected chi connectivity index (χ0v) is 19.2. The highest BCUT2D eigenvalue weighted by atomic mass is 35.5. The predicted octanol–water partition coefficient (Wildman–Crippen LogP) is 4.90. The Morgan fingerprint density at radius 3 is 2.76 bits per heavy atom. The van der Waals surface area contributed by atoms with Crippen molar-refractivity contribution in [2.24, 2.45) is 0 Å². The van der Waals surface area contributed by atoms with E-state index >= 15 is 0 Å². The predicted molar refractivity (Wildman–Crippen MR) is 130 cm³/mol. The number of ether oxygens (including phenoxy) is 2. The van der Waals surface area contributed by atoms with Gasteiger partial charge in [0.15, 0.2) is 0 Å². The number of hydrogen-bond acceptors (Lipinski definition) is 7. The van der Waals surface area contributed by atoms with Gasteiger partial charge in [-0.25, -0.2) is 9.78 Å². The molecule has 0 bridgehead atoms. The number of H-pyrrole nitrogens is 1. The van der Waals surface area contributed by atoms with Crippen LogP contribution in [0.2, 0.25) is 5.02 Å². The number of aromatic amines is 1. The summed E-state index contributed by atoms with van der Waals surface area (Å²) in [5, 5.41) is 6.92. The van der Waals surface area contributed by atoms with Crippen molar-refractivity contribution in [2.75, 3.05) is 17.7 Å². The number of hydrogen-bond donors (Lipinski definition) is 3. The number of pyridine rings is 3. The summed E-state index contributed by atoms with van der Waals surface area (Å²) in [5.41, 5.74) is 2.12. The molecular formula is C24H22ClN5O4. The molecule has 0 saturated carbocycles. The number of amides is 1. The summed E-state index contributed by atoms with van der Waals surface area (Å²) < 4.78 is 10.4. The van der Waals surface area contributed by atoms with E-state index < -0.39 is 6.09 Å². The van der Waals surface area contributed by atoms with Gasteiger partial charge in [-0.05, 0) is 37.3 Å². The number of aromatic nitrogens is 3. The molecule has 1 atom stereocenters. The number of nitrogens with one attached hydrogen (secondary N) is 3. The molecule has 9 nitrogen and oxygen atoms in total. The maximum absolute atomic E-state index is 12.8. The van der Waals surface area contributed by atoms with E-state index in [9.17, 15) is 9.59 Å². The van der Waals surface area contributed by atoms with E-state index in [4.69, 9.17) is 16.3 Å². The van der Waals surface area contributed by atoms with Gasteiger partial charge in [-0.2, -0.15) is 0 Å². The number of carbonyl (C=O) groups is 1. The van der Waals surface area contributed by atoms with Crippen molar-refractivity contribution in [2.45, 2.75) is 19.6 Å². The molecule has 0 aliphatic heterocycles. The van der Waals surface area contributed by atoms with Crippen LogP contribution in [0.4, 0.5) is 16.3 Å². The normalized spacial score (nSPS) is 11.6. The summed E-state index contributed by atoms with van der Waals surface area (Å²) >= 11 is 6.43. The maximum atomic E-state index is 12.8. The molecule has 4 aromatic rings. The standard InChI is InChI=1S/C24H22ClN5O4/c1-14(28-22-11-16(6-8-27-22)29-24(32)33-2)18-9-15-10-19(25)21(12-20(15)30-23(18)31)34-13-17-5-3-4-7-26-17/h3-12,14H,13H2,1-2H3,(H,30,31)(H2,27,28,29,32). The number of carbonyl (C=O) groups excluding carboxylic acids is 1. The van der Waals surface area contributed by atoms with Crippen molar-refractivity contribution in [1.82, 2.24) is 15.0 Å². The quantitative estimate of drug-likeness (QED) is 0.345. The highest BCUT2D eigenvalue weighted by molar-refractivity contribution is 6.32. The van der Waals surface area contributed by atoms with Gasteiger partial charge in [-0.3, -0.25) is 15.1 Å². The lowest BCUT2D eigenvalue weighted by atomic mass is 10.1. The van der Waals surface area contributed by atoms with Crippen LogP contribution in [0.15, 0.2) is 65.7 Å². The van der Waals surface area contributed by atoms with Gasteiger partial charge in [0.25, 0.3) is 5.56 Å². The monoisotopic (exact) mass is 479 g/mol. The van der Waals surface area contributed by atoms with E-state index in [2.05, 4.69) is 30.3 Å². The molecule has 0 spiro atoms. The third kappa shape index (κ3) is 5.44. The Kier molecular flexibility index (Phi) is 6.93. The van der Waals surface area contributed by atoms with E-state index in [1.165, 1.54) is 13.3 Å². The van der Waals surface area contributed by atoms with Crippen molar-refractivity contribution in [1.29, 1.82) is 0 Å². The molecule has 0 radical (unpaired) electrons. The van der Waals surface area contributed by atoms with E-state index in [-0.39, 0.29) is 18.2 Å². The zero-order valence-electron chi connectivity index (χ0n) is 18.5. The summed E-state index contributed by atoms with van der Waals surface area (Å²) in [7, 11) is 1.28. The molecule has 1 amide bonds. The van der Waals surface area contributed by atoms with E-state index in [0.717, 1.165) is 11.1 Å². The topological polar surface area (TPSA) is 118 Å². The average Bonchev–Trinajstić information content (AvgIpc) is 2.83. The molecule has 0 fully saturated rings. The number of halogens is 1. The van der Waals surface area contributed by atoms with Gasteiger partial charge in [0.1, 0.15) is 18.2 Å². The van der Waals surface area contributed by atoms with Gasteiger partial charge < -0.3 is 19.8 Å². The number of rotatable bonds is 7. The second-order valence-corrected chi connectivity index (χ2v) is 7.85. The largest absolute Gasteiger partial charge is 0.486 e. The lowest BCUT2D eigenvalue weighted by molar-refractivity contribution is 0.187. The van der Waals surface area contributed by atoms with Crippen LogP contribution in [0.5, 0.6) is 5.75 Å². The van der Waals surface area contributed by atoms with Crippen LogP contribution < -0.4 is 20.9 Å². The molecular weight excluding hydrogens is 458 g/mol. The Hall–Kier alpha value is -4.11. The van der Waals surface area contributed by atoms with Crippen LogP contribution in [0, 0.1) is 0 Å². The molecule has 34 heavy (non-hydrogen) atoms. The Bertz CT molecular complexity index is 1380. The van der Waals surface area contributed by atoms with Gasteiger partial charge in [0, 0.05) is 41.2 Å². The van der Waals surface area contributed by atoms with E-state index in [1.807, 2.05) is 25.1 Å². The Morgan fingerprint density at radius 1 is 1.15 bits per heavy atom. The minimum absolute atomic E-state index is 0.255. The Morgan fingerprint density at radius 2 is 2.00 bits per heavy atom. The molecule has 0 aliphatic carbocycles. The van der Waals surface area contributed by atoms with E-state index in [1.54, 1.807) is 36.5 Å². The van der Waals surface area contributed by atoms with Crippen LogP contribution in [0.25, 0.3) is 10.9 Å². The first kappa shape index (κ1) is 23.1. The highest BCUT2D eigenvalue weighted by Crippen LogP contribution is 2.30. The first-order valence-electron chi connectivity index (χ1n) is 10.4. The van der Waals surface area contributed by atoms with Gasteiger partial charge in [0.05, 0.1) is 29.4 Å². The zero-order chi connectivity index (χ0) is 24.1. The molecule has 4 rings (SSSR count). The number of anilines is 2. The number of benzene rings is 1. The SMILES string of the molecule is COC(=O)Nc1ccnc(NC(C)c2cc3cc(Cl)c(OCc4ccccn4)cc3[nH]c2=O)c1. The second kappa shape index (κ2) is 10.2. The average molecular weight is 480 g/mol. The van der Waals surface area contributed by atoms with Crippen LogP contribution in [-0.2, 0) is 11.3 Å². The molecule has 1 unspecified atom stereocenters. The fourth-order valence-electron chi connectivity index (χ4n) is 3.35. The summed E-state index contributed by atoms with van der Waals surface area (Å²) in [6.07, 6.45) is 2.64. The molecule has 1 aromatic carbocycles. The minimum atomic E-state index is -0.587. The third-order valence-corrected chi connectivity index (χ3v) is 5.35. The first-order chi connectivity index (χ1) is 16.4. The molecule has 174 valence electrons. The molecule has 3 heterocycles. The lowest BCUT2D eigenvalue weighted by Gasteiger charge is -2.16. The molecule has 3 N–H and O–H groups in total. The van der Waals surface area contributed by atoms with Gasteiger partial charge in [0.2, 0.25) is 0 Å². The number of methoxy groups -OCH3 is 1. The van der Waals surface area contributed by atoms with Crippen LogP contribution >= 0.6 is 11.6 Å². The third-order valence-electron chi connectivity index (χ3n) is 5.05. The lowest BCUT2D eigenvalue weighted by Crippen LogP contribution is -2.20. The van der Waals surface area contributed by atoms with E-state index in [0.29, 0.717) is 33.4 Å². The second-order valence-electron chi connectivity index (χ2n) is 7.45. The van der Waals surface area contributed by atoms with Crippen LogP contribution in [0.3, 0.4) is 0 Å². The molecule has 3 aromatic heterocycles. The minimum Gasteiger partial charge on any atom is -0.486 e. The Labute approximate surface area is 200 Å². The smallest absolute Gasteiger partial charge is 0.411 e. The summed E-state index contributed by atoms with van der Waals surface area (Å²) in [6.45, 7) is 2.09. The summed E-state index contributed by atoms with van der Waals surface area (Å²) in [4.78, 5) is 35.6. The maximum Gasteiger partial charge on any atom is 0.411 e. The Balaban J connectivity index is 1.54. The van der Waals surface area contributed by atoms with Crippen LogP contribution in [-0.4, -0.2) is 28.2 Å². The van der Waals surface area contributed by atoms with Crippen molar-refractivity contribution >= 4 is 40.1 Å². The fourth-order valence-corrected chi connectivity index (χ4v) is 3.57. The molecule has 0 saturated heterocycles. The number of nitrogens with zero attached hydrogens (tertiary/aromatic N) is 2. The highest BCUT2D eigenvalue weighted by Gasteiger charge is 2.14. The van der Waals surface area contributed by atoms with Crippen molar-refractivity contribution < 1.29 is 14.3 Å². The van der Waals surface area contributed by atoms with Gasteiger partial charge >= 0.3 is 6.09 Å². The van der Waals surface area contributed by atoms with Crippen molar-refractivity contribution in [3.05, 3.63) is 87.6 Å². The molecule has 0 aliphatic rings. The molecule has 10 heteroatoms. The fraction of sp³-hybridized carbons (Fsp3) is 0.167. The summed E-state index contributed by atoms with van der Waals surface area (Å²) in [5.74, 6) is 0.936. The van der Waals surface area contributed by atoms with Crippen LogP contribution in [0.1, 0.15) is 24.2 Å². The van der Waals surface area contributed by atoms with Crippen molar-refractivity contribution in [3.8, 4) is 5.75 Å². The van der Waals surface area contributed by atoms with Gasteiger partial charge in [-0.1, -0.05) is 17.7 Å². The van der Waals surface area contributed by atoms with Crippen molar-refractivity contribution in [3.63, 3.8) is 0 Å². The summed E-state index contributed by atoms with van der Waals surface area (Å²) in [6, 6.07) is 13.7. The number of fused-ring (bicyclic) bond motifs is 1. The van der Waals surface area contributed by atoms with Gasteiger partial charge in [-0.15, -0.1) is 0 Å². The first-order valence-corrected chi connectivity index (χ1v) is 10.8.